The van der Waals surface area contributed by atoms with Crippen LogP contribution < -0.4 is 0 Å². The van der Waals surface area contributed by atoms with E-state index >= 15 is 0 Å². The molecule has 0 saturated carbocycles. The number of rotatable bonds is 4. The third kappa shape index (κ3) is 6.84. The van der Waals surface area contributed by atoms with Crippen molar-refractivity contribution in [2.45, 2.75) is 20.3 Å². The van der Waals surface area contributed by atoms with Crippen LogP contribution in [0.5, 0.6) is 0 Å². The van der Waals surface area contributed by atoms with Gasteiger partial charge in [-0.2, -0.15) is 0 Å². The number of ether oxygens (including phenoxy) is 1. The van der Waals surface area contributed by atoms with Crippen LogP contribution >= 0.6 is 0 Å². The second-order valence-electron chi connectivity index (χ2n) is 1.96. The highest BCUT2D eigenvalue weighted by Crippen LogP contribution is 1.87. The fourth-order valence-electron chi connectivity index (χ4n) is 0.569. The Balaban J connectivity index is 3.48. The maximum absolute atomic E-state index is 10.7. The minimum Gasteiger partial charge on any atom is -0.463 e. The summed E-state index contributed by atoms with van der Waals surface area (Å²) in [4.78, 5) is 10.7. The van der Waals surface area contributed by atoms with Crippen LogP contribution in [0.25, 0.3) is 0 Å². The molecular formula is C9H14O2. The summed E-state index contributed by atoms with van der Waals surface area (Å²) in [5.74, 6) is -0.267. The average molecular weight is 154 g/mol. The molecule has 2 nitrogen and oxygen atoms in total. The van der Waals surface area contributed by atoms with Gasteiger partial charge in [0.15, 0.2) is 0 Å². The molecule has 0 aliphatic rings. The molecule has 0 N–H and O–H groups in total. The molecule has 0 aromatic heterocycles. The van der Waals surface area contributed by atoms with Gasteiger partial charge >= 0.3 is 5.97 Å². The molecule has 0 aromatic carbocycles. The summed E-state index contributed by atoms with van der Waals surface area (Å²) in [6.07, 6.45) is 7.92. The van der Waals surface area contributed by atoms with Crippen molar-refractivity contribution < 1.29 is 9.53 Å². The van der Waals surface area contributed by atoms with E-state index in [9.17, 15) is 4.79 Å². The van der Waals surface area contributed by atoms with E-state index in [-0.39, 0.29) is 5.97 Å². The Labute approximate surface area is 67.6 Å². The van der Waals surface area contributed by atoms with E-state index in [1.54, 1.807) is 13.0 Å². The Bertz CT molecular complexity index is 157. The third-order valence-electron chi connectivity index (χ3n) is 1.05. The third-order valence-corrected chi connectivity index (χ3v) is 1.05. The molecule has 0 atom stereocenters. The molecule has 0 aromatic rings. The van der Waals surface area contributed by atoms with Gasteiger partial charge in [-0.3, -0.25) is 0 Å². The zero-order valence-corrected chi connectivity index (χ0v) is 7.04. The fourth-order valence-corrected chi connectivity index (χ4v) is 0.569. The lowest BCUT2D eigenvalue weighted by atomic mass is 10.3. The second kappa shape index (κ2) is 7.06. The molecule has 0 aliphatic carbocycles. The summed E-state index contributed by atoms with van der Waals surface area (Å²) >= 11 is 0. The van der Waals surface area contributed by atoms with Crippen LogP contribution in [0.15, 0.2) is 24.3 Å². The van der Waals surface area contributed by atoms with Crippen molar-refractivity contribution >= 4 is 5.97 Å². The normalized spacial score (nSPS) is 11.1. The molecule has 0 radical (unpaired) electrons. The zero-order chi connectivity index (χ0) is 8.53. The lowest BCUT2D eigenvalue weighted by Gasteiger charge is -1.92. The van der Waals surface area contributed by atoms with E-state index < -0.39 is 0 Å². The van der Waals surface area contributed by atoms with Gasteiger partial charge < -0.3 is 4.74 Å². The maximum Gasteiger partial charge on any atom is 0.330 e. The molecule has 11 heavy (non-hydrogen) atoms. The van der Waals surface area contributed by atoms with Gasteiger partial charge in [-0.25, -0.2) is 4.79 Å². The zero-order valence-electron chi connectivity index (χ0n) is 7.04. The largest absolute Gasteiger partial charge is 0.463 e. The average Bonchev–Trinajstić information content (AvgIpc) is 1.99. The lowest BCUT2D eigenvalue weighted by molar-refractivity contribution is -0.137. The highest BCUT2D eigenvalue weighted by atomic mass is 16.5. The van der Waals surface area contributed by atoms with E-state index in [0.29, 0.717) is 6.61 Å². The molecule has 0 unspecified atom stereocenters. The quantitative estimate of drug-likeness (QED) is 0.352. The second-order valence-corrected chi connectivity index (χ2v) is 1.96. The van der Waals surface area contributed by atoms with Gasteiger partial charge in [-0.05, 0) is 20.3 Å². The molecule has 0 spiro atoms. The smallest absolute Gasteiger partial charge is 0.330 e. The first-order valence-corrected chi connectivity index (χ1v) is 3.75. The van der Waals surface area contributed by atoms with Crippen molar-refractivity contribution in [3.05, 3.63) is 24.3 Å². The topological polar surface area (TPSA) is 26.3 Å². The molecule has 0 bridgehead atoms. The predicted octanol–water partition coefficient (Wildman–Crippen LogP) is 2.07. The van der Waals surface area contributed by atoms with E-state index in [1.807, 2.05) is 19.1 Å². The summed E-state index contributed by atoms with van der Waals surface area (Å²) < 4.78 is 4.67. The van der Waals surface area contributed by atoms with Crippen molar-refractivity contribution in [2.75, 3.05) is 6.61 Å². The summed E-state index contributed by atoms with van der Waals surface area (Å²) in [7, 11) is 0. The van der Waals surface area contributed by atoms with Crippen molar-refractivity contribution in [1.29, 1.82) is 0 Å². The molecule has 0 rings (SSSR count). The summed E-state index contributed by atoms with van der Waals surface area (Å²) in [6.45, 7) is 4.17. The monoisotopic (exact) mass is 154 g/mol. The first-order valence-electron chi connectivity index (χ1n) is 3.75. The lowest BCUT2D eigenvalue weighted by Crippen LogP contribution is -1.98. The van der Waals surface area contributed by atoms with Crippen LogP contribution in [0, 0.1) is 0 Å². The van der Waals surface area contributed by atoms with Crippen LogP contribution in [0.4, 0.5) is 0 Å². The number of hydrogen-bond donors (Lipinski definition) is 0. The summed E-state index contributed by atoms with van der Waals surface area (Å²) in [5.41, 5.74) is 0. The van der Waals surface area contributed by atoms with Gasteiger partial charge in [0.05, 0.1) is 6.61 Å². The molecule has 62 valence electrons. The van der Waals surface area contributed by atoms with Crippen LogP contribution in [-0.4, -0.2) is 12.6 Å². The first kappa shape index (κ1) is 9.95. The van der Waals surface area contributed by atoms with Gasteiger partial charge in [0.25, 0.3) is 0 Å². The fraction of sp³-hybridized carbons (Fsp3) is 0.444. The van der Waals surface area contributed by atoms with Crippen LogP contribution in [0.2, 0.25) is 0 Å². The van der Waals surface area contributed by atoms with Crippen molar-refractivity contribution in [3.63, 3.8) is 0 Å². The summed E-state index contributed by atoms with van der Waals surface area (Å²) in [6, 6.07) is 0. The molecule has 0 aliphatic heterocycles. The van der Waals surface area contributed by atoms with E-state index in [1.165, 1.54) is 6.08 Å². The Hall–Kier alpha value is -1.05. The van der Waals surface area contributed by atoms with Crippen molar-refractivity contribution in [3.8, 4) is 0 Å². The highest BCUT2D eigenvalue weighted by Gasteiger charge is 1.89. The Morgan fingerprint density at radius 3 is 2.73 bits per heavy atom. The standard InChI is InChI=1S/C9H14O2/c1-3-5-6-7-8-9(10)11-4-2/h3,5,7-8H,4,6H2,1-2H3/b5-3+,8-7+. The maximum atomic E-state index is 10.7. The molecular weight excluding hydrogens is 140 g/mol. The molecule has 2 heteroatoms. The number of carbonyl (C=O) groups is 1. The molecule has 0 heterocycles. The number of carbonyl (C=O) groups excluding carboxylic acids is 1. The van der Waals surface area contributed by atoms with Gasteiger partial charge in [0.2, 0.25) is 0 Å². The van der Waals surface area contributed by atoms with Gasteiger partial charge in [0, 0.05) is 6.08 Å². The van der Waals surface area contributed by atoms with E-state index in [0.717, 1.165) is 6.42 Å². The molecule has 0 amide bonds. The van der Waals surface area contributed by atoms with Crippen molar-refractivity contribution in [1.82, 2.24) is 0 Å². The van der Waals surface area contributed by atoms with E-state index in [4.69, 9.17) is 0 Å². The minimum atomic E-state index is -0.267. The van der Waals surface area contributed by atoms with Gasteiger partial charge in [-0.1, -0.05) is 18.2 Å². The molecule has 0 saturated heterocycles. The predicted molar refractivity (Wildman–Crippen MR) is 45.2 cm³/mol. The Morgan fingerprint density at radius 1 is 1.45 bits per heavy atom. The van der Waals surface area contributed by atoms with E-state index in [2.05, 4.69) is 4.74 Å². The minimum absolute atomic E-state index is 0.267. The Morgan fingerprint density at radius 2 is 2.18 bits per heavy atom. The van der Waals surface area contributed by atoms with Gasteiger partial charge in [0.1, 0.15) is 0 Å². The van der Waals surface area contributed by atoms with Crippen LogP contribution in [0.3, 0.4) is 0 Å². The SMILES string of the molecule is C/C=C/C/C=C/C(=O)OCC. The molecule has 0 fully saturated rings. The number of allylic oxidation sites excluding steroid dienone is 3. The Kier molecular flexibility index (Phi) is 6.39. The highest BCUT2D eigenvalue weighted by molar-refractivity contribution is 5.81. The van der Waals surface area contributed by atoms with Crippen LogP contribution in [0.1, 0.15) is 20.3 Å². The first-order chi connectivity index (χ1) is 5.31. The number of esters is 1. The van der Waals surface area contributed by atoms with Crippen LogP contribution in [-0.2, 0) is 9.53 Å². The number of hydrogen-bond acceptors (Lipinski definition) is 2. The summed E-state index contributed by atoms with van der Waals surface area (Å²) in [5, 5.41) is 0. The van der Waals surface area contributed by atoms with Gasteiger partial charge in [-0.15, -0.1) is 0 Å². The van der Waals surface area contributed by atoms with Crippen molar-refractivity contribution in [2.24, 2.45) is 0 Å².